The molecule has 2 heterocycles. The van der Waals surface area contributed by atoms with Crippen molar-refractivity contribution >= 4 is 18.0 Å². The van der Waals surface area contributed by atoms with Crippen LogP contribution >= 0.6 is 0 Å². The summed E-state index contributed by atoms with van der Waals surface area (Å²) >= 11 is 0. The average Bonchev–Trinajstić information content (AvgIpc) is 3.07. The number of carbonyl (C=O) groups excluding carboxylic acids is 2. The highest BCUT2D eigenvalue weighted by Crippen LogP contribution is 2.33. The Bertz CT molecular complexity index is 1450. The minimum atomic E-state index is -1.79. The van der Waals surface area contributed by atoms with Gasteiger partial charge in [0.1, 0.15) is 30.5 Å². The summed E-state index contributed by atoms with van der Waals surface area (Å²) in [5, 5.41) is 63.2. The van der Waals surface area contributed by atoms with Gasteiger partial charge in [0, 0.05) is 13.0 Å². The first-order valence-electron chi connectivity index (χ1n) is 15.4. The van der Waals surface area contributed by atoms with Gasteiger partial charge in [0.15, 0.2) is 47.8 Å². The van der Waals surface area contributed by atoms with Crippen LogP contribution in [0.15, 0.2) is 42.5 Å². The van der Waals surface area contributed by atoms with Gasteiger partial charge in [-0.3, -0.25) is 4.79 Å². The summed E-state index contributed by atoms with van der Waals surface area (Å²) in [6.45, 7) is 1.84. The number of carbonyl (C=O) groups is 2. The van der Waals surface area contributed by atoms with Gasteiger partial charge in [-0.25, -0.2) is 4.79 Å². The van der Waals surface area contributed by atoms with Crippen LogP contribution in [0, 0.1) is 0 Å². The number of esters is 2. The molecule has 0 radical (unpaired) electrons. The van der Waals surface area contributed by atoms with Crippen LogP contribution in [0.1, 0.15) is 25.0 Å². The van der Waals surface area contributed by atoms with E-state index in [9.17, 15) is 40.2 Å². The first-order valence-corrected chi connectivity index (χ1v) is 15.4. The van der Waals surface area contributed by atoms with E-state index in [0.717, 1.165) is 13.0 Å². The lowest BCUT2D eigenvalue weighted by molar-refractivity contribution is -0.357. The zero-order chi connectivity index (χ0) is 35.8. The van der Waals surface area contributed by atoms with E-state index in [4.69, 9.17) is 37.9 Å². The molecule has 49 heavy (non-hydrogen) atoms. The summed E-state index contributed by atoms with van der Waals surface area (Å²) in [4.78, 5) is 24.6. The van der Waals surface area contributed by atoms with Gasteiger partial charge in [-0.2, -0.15) is 0 Å². The van der Waals surface area contributed by atoms with E-state index in [2.05, 4.69) is 0 Å². The maximum Gasteiger partial charge on any atom is 0.331 e. The van der Waals surface area contributed by atoms with Crippen molar-refractivity contribution in [1.29, 1.82) is 0 Å². The van der Waals surface area contributed by atoms with Crippen LogP contribution in [0.2, 0.25) is 0 Å². The number of rotatable bonds is 13. The van der Waals surface area contributed by atoms with E-state index in [-0.39, 0.29) is 36.0 Å². The molecule has 0 aromatic heterocycles. The lowest BCUT2D eigenvalue weighted by Crippen LogP contribution is -2.65. The molecule has 2 aliphatic rings. The molecule has 2 fully saturated rings. The number of ether oxygens (including phenoxy) is 8. The van der Waals surface area contributed by atoms with Crippen molar-refractivity contribution in [2.45, 2.75) is 81.7 Å². The smallest absolute Gasteiger partial charge is 0.331 e. The molecule has 0 unspecified atom stereocenters. The molecule has 4 rings (SSSR count). The number of aliphatic hydroxyl groups is 4. The maximum absolute atomic E-state index is 13.0. The fourth-order valence-corrected chi connectivity index (χ4v) is 5.42. The van der Waals surface area contributed by atoms with Gasteiger partial charge in [-0.15, -0.1) is 0 Å². The van der Waals surface area contributed by atoms with E-state index in [1.165, 1.54) is 51.5 Å². The lowest BCUT2D eigenvalue weighted by atomic mass is 9.96. The Morgan fingerprint density at radius 3 is 2.22 bits per heavy atom. The monoisotopic (exact) mass is 694 g/mol. The summed E-state index contributed by atoms with van der Waals surface area (Å²) < 4.78 is 44.1. The molecule has 2 aromatic carbocycles. The Labute approximate surface area is 281 Å². The molecule has 16 nitrogen and oxygen atoms in total. The third kappa shape index (κ3) is 9.37. The third-order valence-corrected chi connectivity index (χ3v) is 7.95. The summed E-state index contributed by atoms with van der Waals surface area (Å²) in [5.41, 5.74) is 1.14. The standard InChI is InChI=1S/C33H42O16/c1-16-29(46-17(2)35)26(39)27(40)33(45-16)49-31-28(41)32(44-12-11-19-6-9-22(42-3)21(37)13-19)47-24(15-34)30(31)48-25(38)10-7-18-5-8-20(36)23(14-18)43-4/h5-10,13-14,16,24,26-34,36-37,39-41H,11-12,15H2,1-4H3/t16-,24+,26-,27+,28+,29-,30+,31+,32+,33-/m0/s1. The Kier molecular flexibility index (Phi) is 13.2. The Morgan fingerprint density at radius 2 is 1.57 bits per heavy atom. The highest BCUT2D eigenvalue weighted by molar-refractivity contribution is 5.87. The number of phenolic OH excluding ortho intramolecular Hbond substituents is 2. The van der Waals surface area contributed by atoms with E-state index < -0.39 is 80.0 Å². The quantitative estimate of drug-likeness (QED) is 0.121. The normalized spacial score (nSPS) is 30.1. The second kappa shape index (κ2) is 17.1. The van der Waals surface area contributed by atoms with Crippen molar-refractivity contribution in [2.24, 2.45) is 0 Å². The largest absolute Gasteiger partial charge is 0.504 e. The molecule has 0 amide bonds. The zero-order valence-electron chi connectivity index (χ0n) is 27.3. The molecule has 0 aliphatic carbocycles. The maximum atomic E-state index is 13.0. The second-order valence-corrected chi connectivity index (χ2v) is 11.4. The van der Waals surface area contributed by atoms with Crippen molar-refractivity contribution in [2.75, 3.05) is 27.4 Å². The Morgan fingerprint density at radius 1 is 0.837 bits per heavy atom. The zero-order valence-corrected chi connectivity index (χ0v) is 27.3. The predicted molar refractivity (Wildman–Crippen MR) is 166 cm³/mol. The minimum absolute atomic E-state index is 0.0377. The first-order chi connectivity index (χ1) is 23.4. The van der Waals surface area contributed by atoms with Crippen molar-refractivity contribution in [1.82, 2.24) is 0 Å². The Hall–Kier alpha value is -4.00. The molecule has 16 heteroatoms. The molecule has 6 N–H and O–H groups in total. The van der Waals surface area contributed by atoms with Gasteiger partial charge >= 0.3 is 11.9 Å². The molecule has 2 saturated heterocycles. The fourth-order valence-electron chi connectivity index (χ4n) is 5.42. The van der Waals surface area contributed by atoms with Crippen LogP contribution in [-0.4, -0.2) is 131 Å². The number of aliphatic hydroxyl groups excluding tert-OH is 4. The lowest BCUT2D eigenvalue weighted by Gasteiger charge is -2.46. The topological polar surface area (TPSA) is 229 Å². The first kappa shape index (κ1) is 37.8. The van der Waals surface area contributed by atoms with E-state index in [0.29, 0.717) is 11.1 Å². The summed E-state index contributed by atoms with van der Waals surface area (Å²) in [6, 6.07) is 9.13. The highest BCUT2D eigenvalue weighted by atomic mass is 16.7. The van der Waals surface area contributed by atoms with Gasteiger partial charge in [-0.1, -0.05) is 12.1 Å². The van der Waals surface area contributed by atoms with Crippen LogP contribution < -0.4 is 9.47 Å². The molecule has 0 saturated carbocycles. The summed E-state index contributed by atoms with van der Waals surface area (Å²) in [7, 11) is 2.78. The average molecular weight is 695 g/mol. The van der Waals surface area contributed by atoms with Crippen LogP contribution in [0.5, 0.6) is 23.0 Å². The van der Waals surface area contributed by atoms with Crippen molar-refractivity contribution in [3.63, 3.8) is 0 Å². The highest BCUT2D eigenvalue weighted by Gasteiger charge is 2.53. The molecule has 0 bridgehead atoms. The minimum Gasteiger partial charge on any atom is -0.504 e. The van der Waals surface area contributed by atoms with Gasteiger partial charge in [-0.05, 0) is 54.8 Å². The molecule has 2 aliphatic heterocycles. The number of hydrogen-bond donors (Lipinski definition) is 6. The molecule has 2 aromatic rings. The summed E-state index contributed by atoms with van der Waals surface area (Å²) in [5.74, 6) is -1.39. The van der Waals surface area contributed by atoms with E-state index in [1.54, 1.807) is 12.1 Å². The number of hydrogen-bond acceptors (Lipinski definition) is 16. The van der Waals surface area contributed by atoms with E-state index >= 15 is 0 Å². The van der Waals surface area contributed by atoms with Crippen molar-refractivity contribution < 1.29 is 78.1 Å². The van der Waals surface area contributed by atoms with Crippen LogP contribution in [0.25, 0.3) is 6.08 Å². The van der Waals surface area contributed by atoms with Gasteiger partial charge in [0.25, 0.3) is 0 Å². The summed E-state index contributed by atoms with van der Waals surface area (Å²) in [6.07, 6.45) is -12.1. The van der Waals surface area contributed by atoms with Crippen molar-refractivity contribution in [3.05, 3.63) is 53.6 Å². The SMILES string of the molecule is COc1ccc(CCO[C@@H]2O[C@H](CO)[C@@H](OC(=O)C=Cc3ccc(O)c(OC)c3)[C@H](O[C@@H]3O[C@@H](C)[C@H](OC(C)=O)[C@@H](O)[C@H]3O)[C@H]2O)cc1O. The number of phenols is 2. The molecular weight excluding hydrogens is 652 g/mol. The number of benzene rings is 2. The number of aromatic hydroxyl groups is 2. The van der Waals surface area contributed by atoms with Crippen LogP contribution in [-0.2, 0) is 44.4 Å². The van der Waals surface area contributed by atoms with Crippen LogP contribution in [0.4, 0.5) is 0 Å². The van der Waals surface area contributed by atoms with E-state index in [1.807, 2.05) is 0 Å². The fraction of sp³-hybridized carbons (Fsp3) is 0.515. The molecule has 10 atom stereocenters. The third-order valence-electron chi connectivity index (χ3n) is 7.95. The van der Waals surface area contributed by atoms with Crippen molar-refractivity contribution in [3.8, 4) is 23.0 Å². The van der Waals surface area contributed by atoms with Gasteiger partial charge in [0.05, 0.1) is 33.5 Å². The predicted octanol–water partition coefficient (Wildman–Crippen LogP) is 0.161. The van der Waals surface area contributed by atoms with Gasteiger partial charge in [0.2, 0.25) is 0 Å². The molecular formula is C33H42O16. The molecule has 270 valence electrons. The Balaban J connectivity index is 1.54. The second-order valence-electron chi connectivity index (χ2n) is 11.4. The molecule has 0 spiro atoms. The van der Waals surface area contributed by atoms with Gasteiger partial charge < -0.3 is 68.5 Å². The number of methoxy groups -OCH3 is 2. The van der Waals surface area contributed by atoms with Crippen LogP contribution in [0.3, 0.4) is 0 Å².